The maximum absolute atomic E-state index is 13.1. The predicted octanol–water partition coefficient (Wildman–Crippen LogP) is 3.17. The summed E-state index contributed by atoms with van der Waals surface area (Å²) in [7, 11) is -0.809. The van der Waals surface area contributed by atoms with Crippen LogP contribution < -0.4 is 0 Å². The summed E-state index contributed by atoms with van der Waals surface area (Å²) < 4.78 is 26.8. The molecule has 6 heteroatoms. The Morgan fingerprint density at radius 2 is 2.28 bits per heavy atom. The molecule has 1 aromatic carbocycles. The third-order valence-electron chi connectivity index (χ3n) is 2.94. The Morgan fingerprint density at radius 1 is 1.56 bits per heavy atom. The zero-order valence-corrected chi connectivity index (χ0v) is 11.9. The zero-order chi connectivity index (χ0) is 13.3. The summed E-state index contributed by atoms with van der Waals surface area (Å²) in [5, 5.41) is 0. The Hall–Kier alpha value is -1.01. The Bertz CT molecular complexity index is 647. The molecule has 2 unspecified atom stereocenters. The van der Waals surface area contributed by atoms with E-state index < -0.39 is 10.8 Å². The molecule has 0 spiro atoms. The van der Waals surface area contributed by atoms with E-state index in [1.165, 1.54) is 12.1 Å². The standard InChI is InChI=1S/C12H15FN2OS2/c1-8(5-6-18(2)16)15-11-4-3-9(13)7-10(11)14-12(15)17/h3-4,7-8H,5-6H2,1-2H3,(H,14,17). The van der Waals surface area contributed by atoms with Gasteiger partial charge in [0.1, 0.15) is 5.82 Å². The van der Waals surface area contributed by atoms with Gasteiger partial charge in [-0.15, -0.1) is 0 Å². The van der Waals surface area contributed by atoms with E-state index >= 15 is 0 Å². The van der Waals surface area contributed by atoms with Crippen LogP contribution in [0.2, 0.25) is 0 Å². The van der Waals surface area contributed by atoms with E-state index in [0.717, 1.165) is 11.9 Å². The lowest BCUT2D eigenvalue weighted by Gasteiger charge is -2.13. The lowest BCUT2D eigenvalue weighted by Crippen LogP contribution is -2.09. The molecule has 0 bridgehead atoms. The van der Waals surface area contributed by atoms with E-state index in [-0.39, 0.29) is 11.9 Å². The lowest BCUT2D eigenvalue weighted by atomic mass is 10.2. The van der Waals surface area contributed by atoms with Gasteiger partial charge in [0.25, 0.3) is 0 Å². The number of nitrogens with one attached hydrogen (secondary N) is 1. The van der Waals surface area contributed by atoms with Crippen molar-refractivity contribution in [2.75, 3.05) is 12.0 Å². The van der Waals surface area contributed by atoms with E-state index in [0.29, 0.717) is 16.0 Å². The van der Waals surface area contributed by atoms with Crippen LogP contribution in [0.4, 0.5) is 4.39 Å². The summed E-state index contributed by atoms with van der Waals surface area (Å²) in [4.78, 5) is 3.00. The quantitative estimate of drug-likeness (QED) is 0.877. The van der Waals surface area contributed by atoms with Gasteiger partial charge in [0.2, 0.25) is 0 Å². The first-order valence-electron chi connectivity index (χ1n) is 5.69. The minimum Gasteiger partial charge on any atom is -0.330 e. The molecule has 0 amide bonds. The van der Waals surface area contributed by atoms with Gasteiger partial charge in [-0.1, -0.05) is 0 Å². The normalized spacial score (nSPS) is 14.8. The second-order valence-electron chi connectivity index (χ2n) is 4.38. The number of aromatic amines is 1. The molecule has 0 aliphatic heterocycles. The van der Waals surface area contributed by atoms with Gasteiger partial charge >= 0.3 is 0 Å². The zero-order valence-electron chi connectivity index (χ0n) is 10.3. The Morgan fingerprint density at radius 3 is 2.94 bits per heavy atom. The van der Waals surface area contributed by atoms with Crippen molar-refractivity contribution in [3.8, 4) is 0 Å². The number of benzene rings is 1. The van der Waals surface area contributed by atoms with Gasteiger partial charge in [-0.2, -0.15) is 0 Å². The number of nitrogens with zero attached hydrogens (tertiary/aromatic N) is 1. The first kappa shape index (κ1) is 13.4. The van der Waals surface area contributed by atoms with Gasteiger partial charge in [-0.3, -0.25) is 4.21 Å². The van der Waals surface area contributed by atoms with Gasteiger partial charge < -0.3 is 9.55 Å². The summed E-state index contributed by atoms with van der Waals surface area (Å²) in [6.45, 7) is 2.03. The fraction of sp³-hybridized carbons (Fsp3) is 0.417. The number of halogens is 1. The van der Waals surface area contributed by atoms with Crippen LogP contribution >= 0.6 is 12.2 Å². The molecule has 0 aliphatic carbocycles. The van der Waals surface area contributed by atoms with Crippen molar-refractivity contribution < 1.29 is 8.60 Å². The number of H-pyrrole nitrogens is 1. The van der Waals surface area contributed by atoms with E-state index in [4.69, 9.17) is 12.2 Å². The largest absolute Gasteiger partial charge is 0.330 e. The van der Waals surface area contributed by atoms with Crippen LogP contribution in [-0.2, 0) is 10.8 Å². The van der Waals surface area contributed by atoms with Crippen molar-refractivity contribution in [1.82, 2.24) is 9.55 Å². The highest BCUT2D eigenvalue weighted by Gasteiger charge is 2.12. The van der Waals surface area contributed by atoms with Crippen molar-refractivity contribution in [3.05, 3.63) is 28.8 Å². The van der Waals surface area contributed by atoms with E-state index in [1.807, 2.05) is 11.5 Å². The molecule has 1 heterocycles. The number of aromatic nitrogens is 2. The van der Waals surface area contributed by atoms with Gasteiger partial charge in [0.15, 0.2) is 4.77 Å². The van der Waals surface area contributed by atoms with Crippen molar-refractivity contribution in [1.29, 1.82) is 0 Å². The van der Waals surface area contributed by atoms with E-state index in [2.05, 4.69) is 4.98 Å². The second kappa shape index (κ2) is 5.32. The van der Waals surface area contributed by atoms with Crippen LogP contribution in [-0.4, -0.2) is 25.8 Å². The number of rotatable bonds is 4. The average molecular weight is 286 g/mol. The van der Waals surface area contributed by atoms with Crippen LogP contribution in [0.3, 0.4) is 0 Å². The van der Waals surface area contributed by atoms with Gasteiger partial charge in [-0.05, 0) is 43.8 Å². The third kappa shape index (κ3) is 2.70. The molecule has 0 fully saturated rings. The van der Waals surface area contributed by atoms with Crippen molar-refractivity contribution in [3.63, 3.8) is 0 Å². The summed E-state index contributed by atoms with van der Waals surface area (Å²) in [6.07, 6.45) is 2.47. The van der Waals surface area contributed by atoms with Gasteiger partial charge in [0, 0.05) is 28.9 Å². The fourth-order valence-corrected chi connectivity index (χ4v) is 3.07. The average Bonchev–Trinajstić information content (AvgIpc) is 2.61. The number of imidazole rings is 1. The molecular formula is C12H15FN2OS2. The summed E-state index contributed by atoms with van der Waals surface area (Å²) >= 11 is 5.26. The van der Waals surface area contributed by atoms with Crippen LogP contribution in [0.5, 0.6) is 0 Å². The highest BCUT2D eigenvalue weighted by atomic mass is 32.2. The monoisotopic (exact) mass is 286 g/mol. The number of hydrogen-bond acceptors (Lipinski definition) is 2. The van der Waals surface area contributed by atoms with Crippen LogP contribution in [0.15, 0.2) is 18.2 Å². The Labute approximate surface area is 112 Å². The molecule has 2 atom stereocenters. The minimum absolute atomic E-state index is 0.139. The number of fused-ring (bicyclic) bond motifs is 1. The van der Waals surface area contributed by atoms with Crippen LogP contribution in [0.25, 0.3) is 11.0 Å². The maximum Gasteiger partial charge on any atom is 0.178 e. The van der Waals surface area contributed by atoms with Crippen molar-refractivity contribution in [2.24, 2.45) is 0 Å². The van der Waals surface area contributed by atoms with Crippen molar-refractivity contribution >= 4 is 34.1 Å². The topological polar surface area (TPSA) is 37.8 Å². The molecular weight excluding hydrogens is 271 g/mol. The minimum atomic E-state index is -0.809. The smallest absolute Gasteiger partial charge is 0.178 e. The SMILES string of the molecule is CC(CCS(C)=O)n1c(=S)[nH]c2cc(F)ccc21. The fourth-order valence-electron chi connectivity index (χ4n) is 2.01. The Kier molecular flexibility index (Phi) is 3.97. The first-order chi connectivity index (χ1) is 8.49. The molecule has 1 N–H and O–H groups in total. The van der Waals surface area contributed by atoms with Gasteiger partial charge in [0.05, 0.1) is 11.0 Å². The van der Waals surface area contributed by atoms with Crippen LogP contribution in [0.1, 0.15) is 19.4 Å². The molecule has 0 radical (unpaired) electrons. The summed E-state index contributed by atoms with van der Waals surface area (Å²) in [5.41, 5.74) is 1.58. The summed E-state index contributed by atoms with van der Waals surface area (Å²) in [6, 6.07) is 4.72. The van der Waals surface area contributed by atoms with E-state index in [9.17, 15) is 8.60 Å². The lowest BCUT2D eigenvalue weighted by molar-refractivity contribution is 0.539. The third-order valence-corrected chi connectivity index (χ3v) is 4.05. The molecule has 2 aromatic rings. The molecule has 2 rings (SSSR count). The number of hydrogen-bond donors (Lipinski definition) is 1. The van der Waals surface area contributed by atoms with Crippen molar-refractivity contribution in [2.45, 2.75) is 19.4 Å². The van der Waals surface area contributed by atoms with Gasteiger partial charge in [-0.25, -0.2) is 4.39 Å². The Balaban J connectivity index is 2.41. The molecule has 0 saturated carbocycles. The van der Waals surface area contributed by atoms with E-state index in [1.54, 1.807) is 12.3 Å². The molecule has 98 valence electrons. The molecule has 3 nitrogen and oxygen atoms in total. The molecule has 0 saturated heterocycles. The van der Waals surface area contributed by atoms with Crippen LogP contribution in [0, 0.1) is 10.6 Å². The molecule has 1 aromatic heterocycles. The molecule has 18 heavy (non-hydrogen) atoms. The second-order valence-corrected chi connectivity index (χ2v) is 6.32. The highest BCUT2D eigenvalue weighted by molar-refractivity contribution is 7.84. The predicted molar refractivity (Wildman–Crippen MR) is 75.3 cm³/mol. The highest BCUT2D eigenvalue weighted by Crippen LogP contribution is 2.22. The maximum atomic E-state index is 13.1. The first-order valence-corrected chi connectivity index (χ1v) is 7.82. The molecule has 0 aliphatic rings. The summed E-state index contributed by atoms with van der Waals surface area (Å²) in [5.74, 6) is 0.352.